The van der Waals surface area contributed by atoms with Crippen molar-refractivity contribution in [1.82, 2.24) is 4.90 Å². The molecule has 1 atom stereocenters. The molecule has 16 heavy (non-hydrogen) atoms. The van der Waals surface area contributed by atoms with Crippen molar-refractivity contribution in [3.63, 3.8) is 0 Å². The molecule has 7 heteroatoms. The topological polar surface area (TPSA) is 133 Å². The van der Waals surface area contributed by atoms with E-state index in [0.29, 0.717) is 6.54 Å². The van der Waals surface area contributed by atoms with Gasteiger partial charge in [0, 0.05) is 6.42 Å². The van der Waals surface area contributed by atoms with Crippen LogP contribution >= 0.6 is 0 Å². The zero-order valence-corrected chi connectivity index (χ0v) is 9.31. The fourth-order valence-corrected chi connectivity index (χ4v) is 1.12. The molecule has 0 bridgehead atoms. The third-order valence-electron chi connectivity index (χ3n) is 1.97. The summed E-state index contributed by atoms with van der Waals surface area (Å²) in [4.78, 5) is 34.1. The molecular weight excluding hydrogens is 212 g/mol. The van der Waals surface area contributed by atoms with Gasteiger partial charge in [0.2, 0.25) is 17.7 Å². The van der Waals surface area contributed by atoms with Crippen LogP contribution in [0.1, 0.15) is 13.3 Å². The number of rotatable bonds is 7. The van der Waals surface area contributed by atoms with Gasteiger partial charge in [-0.1, -0.05) is 6.92 Å². The highest BCUT2D eigenvalue weighted by Gasteiger charge is 2.19. The van der Waals surface area contributed by atoms with Crippen LogP contribution in [-0.4, -0.2) is 42.3 Å². The van der Waals surface area contributed by atoms with Crippen LogP contribution in [0.4, 0.5) is 0 Å². The highest BCUT2D eigenvalue weighted by atomic mass is 16.2. The molecule has 92 valence electrons. The predicted octanol–water partition coefficient (Wildman–Crippen LogP) is -2.23. The van der Waals surface area contributed by atoms with Crippen molar-refractivity contribution in [3.05, 3.63) is 0 Å². The van der Waals surface area contributed by atoms with E-state index in [2.05, 4.69) is 0 Å². The molecule has 7 nitrogen and oxygen atoms in total. The monoisotopic (exact) mass is 230 g/mol. The van der Waals surface area contributed by atoms with E-state index in [0.717, 1.165) is 4.90 Å². The average molecular weight is 230 g/mol. The number of hydrogen-bond acceptors (Lipinski definition) is 4. The lowest BCUT2D eigenvalue weighted by Crippen LogP contribution is -2.44. The van der Waals surface area contributed by atoms with Gasteiger partial charge in [-0.05, 0) is 12.5 Å². The molecule has 0 saturated carbocycles. The van der Waals surface area contributed by atoms with Crippen molar-refractivity contribution >= 4 is 17.7 Å². The van der Waals surface area contributed by atoms with Gasteiger partial charge in [-0.2, -0.15) is 0 Å². The van der Waals surface area contributed by atoms with Crippen molar-refractivity contribution in [2.45, 2.75) is 13.3 Å². The predicted molar refractivity (Wildman–Crippen MR) is 57.8 cm³/mol. The van der Waals surface area contributed by atoms with Crippen molar-refractivity contribution in [3.8, 4) is 0 Å². The summed E-state index contributed by atoms with van der Waals surface area (Å²) in [6, 6.07) is 0. The minimum absolute atomic E-state index is 0.0178. The molecule has 1 unspecified atom stereocenters. The lowest BCUT2D eigenvalue weighted by atomic mass is 10.1. The molecule has 0 spiro atoms. The Bertz CT molecular complexity index is 264. The molecule has 0 aliphatic rings. The lowest BCUT2D eigenvalue weighted by molar-refractivity contribution is -0.138. The van der Waals surface area contributed by atoms with Gasteiger partial charge < -0.3 is 22.1 Å². The van der Waals surface area contributed by atoms with E-state index in [-0.39, 0.29) is 31.3 Å². The number of hydrogen-bond donors (Lipinski definition) is 3. The summed E-state index contributed by atoms with van der Waals surface area (Å²) in [5.74, 6) is -1.74. The van der Waals surface area contributed by atoms with Gasteiger partial charge in [0.05, 0.1) is 13.1 Å². The quantitative estimate of drug-likeness (QED) is 0.456. The standard InChI is InChI=1S/C9H18N4O3/c1-6(3-10)2-9(16)13(4-7(11)14)5-8(12)15/h6H,2-5,10H2,1H3,(H2,11,14)(H2,12,15). The average Bonchev–Trinajstić information content (AvgIpc) is 2.15. The Labute approximate surface area is 93.9 Å². The number of nitrogens with zero attached hydrogens (tertiary/aromatic N) is 1. The molecule has 0 aliphatic heterocycles. The summed E-state index contributed by atoms with van der Waals surface area (Å²) in [7, 11) is 0. The van der Waals surface area contributed by atoms with E-state index < -0.39 is 11.8 Å². The molecule has 6 N–H and O–H groups in total. The van der Waals surface area contributed by atoms with Crippen LogP contribution in [-0.2, 0) is 14.4 Å². The molecule has 0 saturated heterocycles. The first kappa shape index (κ1) is 14.4. The van der Waals surface area contributed by atoms with Crippen LogP contribution in [0.15, 0.2) is 0 Å². The van der Waals surface area contributed by atoms with E-state index in [1.807, 2.05) is 0 Å². The first-order valence-electron chi connectivity index (χ1n) is 4.91. The zero-order chi connectivity index (χ0) is 12.7. The summed E-state index contributed by atoms with van der Waals surface area (Å²) < 4.78 is 0. The van der Waals surface area contributed by atoms with Crippen molar-refractivity contribution in [1.29, 1.82) is 0 Å². The Kier molecular flexibility index (Phi) is 6.09. The normalized spacial score (nSPS) is 11.9. The summed E-state index contributed by atoms with van der Waals surface area (Å²) >= 11 is 0. The van der Waals surface area contributed by atoms with Crippen LogP contribution in [0, 0.1) is 5.92 Å². The van der Waals surface area contributed by atoms with Crippen molar-refractivity contribution < 1.29 is 14.4 Å². The van der Waals surface area contributed by atoms with Gasteiger partial charge in [-0.3, -0.25) is 14.4 Å². The number of carbonyl (C=O) groups is 3. The molecule has 0 aromatic rings. The number of carbonyl (C=O) groups excluding carboxylic acids is 3. The van der Waals surface area contributed by atoms with E-state index in [1.165, 1.54) is 0 Å². The summed E-state index contributed by atoms with van der Waals surface area (Å²) in [5.41, 5.74) is 15.3. The smallest absolute Gasteiger partial charge is 0.237 e. The fourth-order valence-electron chi connectivity index (χ4n) is 1.12. The molecule has 0 heterocycles. The minimum Gasteiger partial charge on any atom is -0.368 e. The first-order valence-corrected chi connectivity index (χ1v) is 4.91. The van der Waals surface area contributed by atoms with Crippen LogP contribution in [0.3, 0.4) is 0 Å². The Hall–Kier alpha value is -1.63. The Morgan fingerprint density at radius 3 is 1.88 bits per heavy atom. The fraction of sp³-hybridized carbons (Fsp3) is 0.667. The second-order valence-corrected chi connectivity index (χ2v) is 3.73. The zero-order valence-electron chi connectivity index (χ0n) is 9.31. The van der Waals surface area contributed by atoms with Crippen molar-refractivity contribution in [2.75, 3.05) is 19.6 Å². The summed E-state index contributed by atoms with van der Waals surface area (Å²) in [5, 5.41) is 0. The van der Waals surface area contributed by atoms with Crippen LogP contribution < -0.4 is 17.2 Å². The van der Waals surface area contributed by atoms with Crippen LogP contribution in [0.25, 0.3) is 0 Å². The molecule has 0 aromatic carbocycles. The number of nitrogens with two attached hydrogens (primary N) is 3. The summed E-state index contributed by atoms with van der Waals surface area (Å²) in [6.07, 6.45) is 0.164. The van der Waals surface area contributed by atoms with Gasteiger partial charge in [0.1, 0.15) is 0 Å². The lowest BCUT2D eigenvalue weighted by Gasteiger charge is -2.20. The van der Waals surface area contributed by atoms with Gasteiger partial charge in [-0.15, -0.1) is 0 Å². The molecule has 0 fully saturated rings. The molecule has 0 rings (SSSR count). The van der Waals surface area contributed by atoms with E-state index in [1.54, 1.807) is 6.92 Å². The van der Waals surface area contributed by atoms with E-state index >= 15 is 0 Å². The molecule has 0 aromatic heterocycles. The highest BCUT2D eigenvalue weighted by Crippen LogP contribution is 2.03. The van der Waals surface area contributed by atoms with Gasteiger partial charge >= 0.3 is 0 Å². The first-order chi connectivity index (χ1) is 7.36. The minimum atomic E-state index is -0.685. The largest absolute Gasteiger partial charge is 0.368 e. The molecular formula is C9H18N4O3. The van der Waals surface area contributed by atoms with Gasteiger partial charge in [-0.25, -0.2) is 0 Å². The molecule has 0 aliphatic carbocycles. The summed E-state index contributed by atoms with van der Waals surface area (Å²) in [6.45, 7) is 1.54. The SMILES string of the molecule is CC(CN)CC(=O)N(CC(N)=O)CC(N)=O. The van der Waals surface area contributed by atoms with Gasteiger partial charge in [0.15, 0.2) is 0 Å². The van der Waals surface area contributed by atoms with Crippen LogP contribution in [0.2, 0.25) is 0 Å². The van der Waals surface area contributed by atoms with Crippen LogP contribution in [0.5, 0.6) is 0 Å². The number of primary amides is 2. The third kappa shape index (κ3) is 5.97. The maximum absolute atomic E-state index is 11.6. The second kappa shape index (κ2) is 6.78. The third-order valence-corrected chi connectivity index (χ3v) is 1.97. The maximum atomic E-state index is 11.6. The maximum Gasteiger partial charge on any atom is 0.237 e. The molecule has 0 radical (unpaired) electrons. The molecule has 3 amide bonds. The van der Waals surface area contributed by atoms with Gasteiger partial charge in [0.25, 0.3) is 0 Å². The van der Waals surface area contributed by atoms with Crippen molar-refractivity contribution in [2.24, 2.45) is 23.1 Å². The Morgan fingerprint density at radius 2 is 1.56 bits per heavy atom. The Morgan fingerprint density at radius 1 is 1.12 bits per heavy atom. The van der Waals surface area contributed by atoms with E-state index in [9.17, 15) is 14.4 Å². The Balaban J connectivity index is 4.42. The van der Waals surface area contributed by atoms with E-state index in [4.69, 9.17) is 17.2 Å². The number of amides is 3. The second-order valence-electron chi connectivity index (χ2n) is 3.73. The highest BCUT2D eigenvalue weighted by molar-refractivity contribution is 5.88.